The number of fused-ring (bicyclic) bond motifs is 4. The van der Waals surface area contributed by atoms with Gasteiger partial charge in [-0.15, -0.1) is 0 Å². The van der Waals surface area contributed by atoms with Crippen LogP contribution >= 0.6 is 0 Å². The maximum atomic E-state index is 6.53. The van der Waals surface area contributed by atoms with E-state index in [2.05, 4.69) is 65.2 Å². The standard InChI is InChI=1S/C40H25N5O/c1-3-13-26(14-4-1)28-17-11-18-29(25-28)39-41-33-22-12-21-32(36(33)46-39)38-42-37(27-15-5-2-6-16-27)43-40(44-38)45-34-23-9-7-19-30(34)31-20-8-10-24-35(31)45/h1-25H. The van der Waals surface area contributed by atoms with Crippen LogP contribution in [0.3, 0.4) is 0 Å². The minimum Gasteiger partial charge on any atom is -0.435 e. The van der Waals surface area contributed by atoms with E-state index in [0.717, 1.165) is 55.1 Å². The van der Waals surface area contributed by atoms with Gasteiger partial charge in [-0.25, -0.2) is 9.97 Å². The molecular weight excluding hydrogens is 566 g/mol. The van der Waals surface area contributed by atoms with Gasteiger partial charge in [0.25, 0.3) is 0 Å². The molecule has 6 heteroatoms. The molecule has 0 N–H and O–H groups in total. The molecule has 0 atom stereocenters. The summed E-state index contributed by atoms with van der Waals surface area (Å²) in [6, 6.07) is 51.2. The Balaban J connectivity index is 1.25. The number of hydrogen-bond donors (Lipinski definition) is 0. The van der Waals surface area contributed by atoms with Gasteiger partial charge in [0.05, 0.1) is 16.6 Å². The lowest BCUT2D eigenvalue weighted by Gasteiger charge is -2.11. The fraction of sp³-hybridized carbons (Fsp3) is 0. The van der Waals surface area contributed by atoms with Crippen LogP contribution in [0.4, 0.5) is 0 Å². The summed E-state index contributed by atoms with van der Waals surface area (Å²) in [5, 5.41) is 2.28. The quantitative estimate of drug-likeness (QED) is 0.199. The molecule has 6 nitrogen and oxygen atoms in total. The molecule has 0 fully saturated rings. The van der Waals surface area contributed by atoms with Gasteiger partial charge in [0.2, 0.25) is 11.8 Å². The summed E-state index contributed by atoms with van der Waals surface area (Å²) in [5.74, 6) is 2.17. The largest absolute Gasteiger partial charge is 0.435 e. The molecule has 9 aromatic rings. The molecule has 0 unspecified atom stereocenters. The predicted octanol–water partition coefficient (Wildman–Crippen LogP) is 9.78. The Labute approximate surface area is 264 Å². The Morgan fingerprint density at radius 2 is 1.02 bits per heavy atom. The van der Waals surface area contributed by atoms with E-state index in [9.17, 15) is 0 Å². The highest BCUT2D eigenvalue weighted by Gasteiger charge is 2.20. The first-order valence-electron chi connectivity index (χ1n) is 15.2. The number of aromatic nitrogens is 5. The van der Waals surface area contributed by atoms with Gasteiger partial charge in [0, 0.05) is 21.9 Å². The number of nitrogens with zero attached hydrogens (tertiary/aromatic N) is 5. The molecule has 0 spiro atoms. The highest BCUT2D eigenvalue weighted by molar-refractivity contribution is 6.09. The zero-order chi connectivity index (χ0) is 30.5. The Morgan fingerprint density at radius 1 is 0.435 bits per heavy atom. The molecule has 0 aliphatic rings. The number of rotatable bonds is 5. The third-order valence-corrected chi connectivity index (χ3v) is 8.31. The van der Waals surface area contributed by atoms with Crippen molar-refractivity contribution in [3.63, 3.8) is 0 Å². The second kappa shape index (κ2) is 10.6. The fourth-order valence-corrected chi connectivity index (χ4v) is 6.15. The van der Waals surface area contributed by atoms with Crippen molar-refractivity contribution in [2.75, 3.05) is 0 Å². The minimum absolute atomic E-state index is 0.511. The SMILES string of the molecule is c1ccc(-c2cccc(-c3nc4cccc(-c5nc(-c6ccccc6)nc(-n6c7ccccc7c7ccccc76)n5)c4o3)c2)cc1. The maximum Gasteiger partial charge on any atom is 0.238 e. The van der Waals surface area contributed by atoms with Gasteiger partial charge in [-0.05, 0) is 47.5 Å². The van der Waals surface area contributed by atoms with Crippen LogP contribution in [0.1, 0.15) is 0 Å². The van der Waals surface area contributed by atoms with Crippen molar-refractivity contribution in [2.24, 2.45) is 0 Å². The van der Waals surface area contributed by atoms with E-state index in [1.165, 1.54) is 0 Å². The lowest BCUT2D eigenvalue weighted by Crippen LogP contribution is -2.06. The fourth-order valence-electron chi connectivity index (χ4n) is 6.15. The third-order valence-electron chi connectivity index (χ3n) is 8.31. The van der Waals surface area contributed by atoms with Crippen LogP contribution in [0.25, 0.3) is 84.2 Å². The molecule has 0 aliphatic carbocycles. The summed E-state index contributed by atoms with van der Waals surface area (Å²) < 4.78 is 8.64. The van der Waals surface area contributed by atoms with Crippen molar-refractivity contribution in [1.29, 1.82) is 0 Å². The first kappa shape index (κ1) is 26.0. The lowest BCUT2D eigenvalue weighted by molar-refractivity contribution is 0.620. The highest BCUT2D eigenvalue weighted by Crippen LogP contribution is 2.35. The van der Waals surface area contributed by atoms with Crippen LogP contribution < -0.4 is 0 Å². The minimum atomic E-state index is 0.511. The molecule has 0 amide bonds. The van der Waals surface area contributed by atoms with Crippen LogP contribution in [0.15, 0.2) is 156 Å². The van der Waals surface area contributed by atoms with Crippen LogP contribution in [0, 0.1) is 0 Å². The average molecular weight is 592 g/mol. The summed E-state index contributed by atoms with van der Waals surface area (Å²) in [6.07, 6.45) is 0. The van der Waals surface area contributed by atoms with Crippen molar-refractivity contribution in [1.82, 2.24) is 24.5 Å². The predicted molar refractivity (Wildman–Crippen MR) is 183 cm³/mol. The Bertz CT molecular complexity index is 2480. The Kier molecular flexibility index (Phi) is 6.03. The summed E-state index contributed by atoms with van der Waals surface area (Å²) in [7, 11) is 0. The van der Waals surface area contributed by atoms with Gasteiger partial charge in [0.15, 0.2) is 17.2 Å². The molecule has 0 bridgehead atoms. The second-order valence-electron chi connectivity index (χ2n) is 11.1. The monoisotopic (exact) mass is 591 g/mol. The van der Waals surface area contributed by atoms with Crippen molar-refractivity contribution in [3.05, 3.63) is 152 Å². The van der Waals surface area contributed by atoms with E-state index in [4.69, 9.17) is 24.4 Å². The molecule has 0 saturated heterocycles. The van der Waals surface area contributed by atoms with Crippen LogP contribution in [-0.2, 0) is 0 Å². The van der Waals surface area contributed by atoms with E-state index in [1.807, 2.05) is 91.0 Å². The van der Waals surface area contributed by atoms with E-state index >= 15 is 0 Å². The van der Waals surface area contributed by atoms with E-state index in [0.29, 0.717) is 29.1 Å². The first-order chi connectivity index (χ1) is 22.8. The summed E-state index contributed by atoms with van der Waals surface area (Å²) in [6.45, 7) is 0. The molecule has 0 saturated carbocycles. The normalized spacial score (nSPS) is 11.5. The second-order valence-corrected chi connectivity index (χ2v) is 11.1. The van der Waals surface area contributed by atoms with Crippen molar-refractivity contribution < 1.29 is 4.42 Å². The molecule has 46 heavy (non-hydrogen) atoms. The van der Waals surface area contributed by atoms with E-state index in [-0.39, 0.29) is 0 Å². The Hall–Kier alpha value is -6.40. The molecule has 3 heterocycles. The number of oxazole rings is 1. The third kappa shape index (κ3) is 4.35. The Morgan fingerprint density at radius 3 is 1.76 bits per heavy atom. The van der Waals surface area contributed by atoms with E-state index < -0.39 is 0 Å². The highest BCUT2D eigenvalue weighted by atomic mass is 16.3. The molecule has 0 aliphatic heterocycles. The van der Waals surface area contributed by atoms with Gasteiger partial charge >= 0.3 is 0 Å². The molecule has 216 valence electrons. The average Bonchev–Trinajstić information content (AvgIpc) is 3.72. The number of hydrogen-bond acceptors (Lipinski definition) is 5. The molecule has 6 aromatic carbocycles. The summed E-state index contributed by atoms with van der Waals surface area (Å²) in [4.78, 5) is 20.1. The van der Waals surface area contributed by atoms with Gasteiger partial charge in [-0.3, -0.25) is 4.57 Å². The van der Waals surface area contributed by atoms with E-state index in [1.54, 1.807) is 0 Å². The van der Waals surface area contributed by atoms with Gasteiger partial charge in [0.1, 0.15) is 5.52 Å². The first-order valence-corrected chi connectivity index (χ1v) is 15.2. The molecule has 9 rings (SSSR count). The van der Waals surface area contributed by atoms with Crippen LogP contribution in [0.5, 0.6) is 0 Å². The summed E-state index contributed by atoms with van der Waals surface area (Å²) >= 11 is 0. The maximum absolute atomic E-state index is 6.53. The van der Waals surface area contributed by atoms with Gasteiger partial charge < -0.3 is 4.42 Å². The molecule has 3 aromatic heterocycles. The van der Waals surface area contributed by atoms with Crippen molar-refractivity contribution in [2.45, 2.75) is 0 Å². The van der Waals surface area contributed by atoms with Crippen LogP contribution in [0.2, 0.25) is 0 Å². The van der Waals surface area contributed by atoms with Gasteiger partial charge in [-0.1, -0.05) is 115 Å². The van der Waals surface area contributed by atoms with Crippen molar-refractivity contribution >= 4 is 32.9 Å². The van der Waals surface area contributed by atoms with Gasteiger partial charge in [-0.2, -0.15) is 9.97 Å². The molecule has 0 radical (unpaired) electrons. The molecular formula is C40H25N5O. The van der Waals surface area contributed by atoms with Crippen molar-refractivity contribution in [3.8, 4) is 51.3 Å². The topological polar surface area (TPSA) is 69.6 Å². The smallest absolute Gasteiger partial charge is 0.238 e. The number of para-hydroxylation sites is 3. The summed E-state index contributed by atoms with van der Waals surface area (Å²) in [5.41, 5.74) is 8.19. The van der Waals surface area contributed by atoms with Crippen LogP contribution in [-0.4, -0.2) is 24.5 Å². The number of benzene rings is 6. The lowest BCUT2D eigenvalue weighted by atomic mass is 10.0. The zero-order valence-electron chi connectivity index (χ0n) is 24.6. The zero-order valence-corrected chi connectivity index (χ0v) is 24.6.